The van der Waals surface area contributed by atoms with Crippen molar-refractivity contribution in [3.05, 3.63) is 104 Å². The molecule has 8 nitrogen and oxygen atoms in total. The maximum atomic E-state index is 11.7. The number of rotatable bonds is 8. The topological polar surface area (TPSA) is 114 Å². The zero-order valence-corrected chi connectivity index (χ0v) is 22.4. The van der Waals surface area contributed by atoms with E-state index in [2.05, 4.69) is 20.4 Å². The third kappa shape index (κ3) is 10.0. The summed E-state index contributed by atoms with van der Waals surface area (Å²) < 4.78 is 10.0. The molecule has 2 aromatic carbocycles. The van der Waals surface area contributed by atoms with E-state index in [4.69, 9.17) is 9.47 Å². The molecule has 192 valence electrons. The fraction of sp³-hybridized carbons (Fsp3) is 0.0769. The van der Waals surface area contributed by atoms with Gasteiger partial charge in [-0.2, -0.15) is 20.4 Å². The van der Waals surface area contributed by atoms with Crippen molar-refractivity contribution in [1.82, 2.24) is 0 Å². The van der Waals surface area contributed by atoms with E-state index >= 15 is 0 Å². The quantitative estimate of drug-likeness (QED) is 0.137. The van der Waals surface area contributed by atoms with Crippen LogP contribution in [0.25, 0.3) is 0 Å². The molecule has 0 saturated heterocycles. The van der Waals surface area contributed by atoms with Gasteiger partial charge >= 0.3 is 16.5 Å². The number of hydrogen-bond acceptors (Lipinski definition) is 10. The normalized spacial score (nSPS) is 11.6. The number of ether oxygens (including phenoxy) is 2. The van der Waals surface area contributed by atoms with Gasteiger partial charge in [-0.3, -0.25) is 0 Å². The van der Waals surface area contributed by atoms with Crippen LogP contribution in [0.5, 0.6) is 11.5 Å². The van der Waals surface area contributed by atoms with Gasteiger partial charge in [0.05, 0.1) is 26.6 Å². The number of hydrogen-bond donors (Lipinski definition) is 0. The molecule has 0 saturated carbocycles. The van der Waals surface area contributed by atoms with Gasteiger partial charge < -0.3 is 19.7 Å². The Labute approximate surface area is 232 Å². The van der Waals surface area contributed by atoms with Crippen LogP contribution in [0, 0.1) is 0 Å². The molecular weight excluding hydrogens is 555 g/mol. The predicted octanol–water partition coefficient (Wildman–Crippen LogP) is 3.79. The second kappa shape index (κ2) is 16.1. The molecule has 0 aliphatic carbocycles. The third-order valence-corrected chi connectivity index (χ3v) is 6.04. The summed E-state index contributed by atoms with van der Waals surface area (Å²) in [5, 5.41) is 42.0. The van der Waals surface area contributed by atoms with Crippen molar-refractivity contribution in [2.75, 3.05) is 14.2 Å². The third-order valence-electron chi connectivity index (χ3n) is 4.43. The SMILES string of the molecule is COc1ccc(/C([O-])=N/N=C\c2cccs2)cc1.COc1ccc(/C([O-])=N/N=C\c2cccs2)cc1.[Ni+2]. The van der Waals surface area contributed by atoms with Crippen molar-refractivity contribution in [1.29, 1.82) is 0 Å². The first kappa shape index (κ1) is 29.4. The zero-order valence-electron chi connectivity index (χ0n) is 19.8. The Hall–Kier alpha value is -3.79. The van der Waals surface area contributed by atoms with Gasteiger partial charge in [-0.05, 0) is 58.3 Å². The Morgan fingerprint density at radius 3 is 1.32 bits per heavy atom. The molecule has 0 aliphatic heterocycles. The van der Waals surface area contributed by atoms with Crippen LogP contribution in [0.4, 0.5) is 0 Å². The molecule has 0 fully saturated rings. The van der Waals surface area contributed by atoms with Gasteiger partial charge in [0, 0.05) is 21.5 Å². The Bertz CT molecular complexity index is 1200. The molecule has 0 atom stereocenters. The fourth-order valence-corrected chi connectivity index (χ4v) is 3.75. The minimum absolute atomic E-state index is 0. The summed E-state index contributed by atoms with van der Waals surface area (Å²) in [7, 11) is 3.15. The van der Waals surface area contributed by atoms with Crippen molar-refractivity contribution >= 4 is 46.9 Å². The Morgan fingerprint density at radius 2 is 1.03 bits per heavy atom. The molecule has 11 heteroatoms. The maximum Gasteiger partial charge on any atom is 2.00 e. The molecule has 2 heterocycles. The van der Waals surface area contributed by atoms with Crippen molar-refractivity contribution in [3.63, 3.8) is 0 Å². The van der Waals surface area contributed by atoms with Crippen molar-refractivity contribution in [2.24, 2.45) is 20.4 Å². The molecule has 0 amide bonds. The van der Waals surface area contributed by atoms with Gasteiger partial charge in [-0.15, -0.1) is 22.7 Å². The van der Waals surface area contributed by atoms with E-state index in [0.29, 0.717) is 22.6 Å². The largest absolute Gasteiger partial charge is 2.00 e. The number of nitrogens with zero attached hydrogens (tertiary/aromatic N) is 4. The summed E-state index contributed by atoms with van der Waals surface area (Å²) >= 11 is 3.08. The molecule has 0 radical (unpaired) electrons. The van der Waals surface area contributed by atoms with Gasteiger partial charge in [0.25, 0.3) is 0 Å². The van der Waals surface area contributed by atoms with E-state index in [1.54, 1.807) is 75.2 Å². The van der Waals surface area contributed by atoms with Crippen molar-refractivity contribution < 1.29 is 36.2 Å². The Balaban J connectivity index is 0.000000253. The maximum absolute atomic E-state index is 11.7. The smallest absolute Gasteiger partial charge is 0.857 e. The molecule has 2 aromatic heterocycles. The molecule has 37 heavy (non-hydrogen) atoms. The summed E-state index contributed by atoms with van der Waals surface area (Å²) in [4.78, 5) is 1.92. The van der Waals surface area contributed by atoms with E-state index < -0.39 is 0 Å². The van der Waals surface area contributed by atoms with Gasteiger partial charge in [0.2, 0.25) is 0 Å². The first-order valence-corrected chi connectivity index (χ1v) is 12.3. The Morgan fingerprint density at radius 1 is 0.649 bits per heavy atom. The average molecular weight is 577 g/mol. The second-order valence-corrected chi connectivity index (χ2v) is 8.75. The van der Waals surface area contributed by atoms with Crippen molar-refractivity contribution in [2.45, 2.75) is 0 Å². The molecule has 4 rings (SSSR count). The van der Waals surface area contributed by atoms with E-state index in [9.17, 15) is 10.2 Å². The van der Waals surface area contributed by atoms with E-state index in [-0.39, 0.29) is 28.3 Å². The average Bonchev–Trinajstić information content (AvgIpc) is 3.64. The zero-order chi connectivity index (χ0) is 25.6. The van der Waals surface area contributed by atoms with Crippen LogP contribution in [0.2, 0.25) is 0 Å². The van der Waals surface area contributed by atoms with Crippen LogP contribution in [0.15, 0.2) is 104 Å². The summed E-state index contributed by atoms with van der Waals surface area (Å²) in [6.45, 7) is 0. The minimum atomic E-state index is -0.370. The van der Waals surface area contributed by atoms with Crippen LogP contribution in [-0.4, -0.2) is 38.4 Å². The minimum Gasteiger partial charge on any atom is -0.857 e. The molecule has 4 aromatic rings. The van der Waals surface area contributed by atoms with Gasteiger partial charge in [-0.1, -0.05) is 36.4 Å². The molecule has 0 bridgehead atoms. The summed E-state index contributed by atoms with van der Waals surface area (Å²) in [5.41, 5.74) is 0.971. The van der Waals surface area contributed by atoms with Crippen LogP contribution in [-0.2, 0) is 16.5 Å². The van der Waals surface area contributed by atoms with E-state index in [1.165, 1.54) is 22.7 Å². The Kier molecular flexibility index (Phi) is 12.8. The molecular formula is C26H22N4NiO4S2. The first-order chi connectivity index (χ1) is 17.6. The summed E-state index contributed by atoms with van der Waals surface area (Å²) in [5.74, 6) is 0.665. The fourth-order valence-electron chi connectivity index (χ4n) is 2.59. The second-order valence-electron chi connectivity index (χ2n) is 6.79. The van der Waals surface area contributed by atoms with Crippen LogP contribution < -0.4 is 19.7 Å². The number of methoxy groups -OCH3 is 2. The predicted molar refractivity (Wildman–Crippen MR) is 143 cm³/mol. The standard InChI is InChI=1S/2C13H12N2O2S.Ni/c2*1-17-11-6-4-10(5-7-11)13(16)15-14-9-12-3-2-8-18-12;/h2*2-9H,1H3,(H,15,16);/q;;+2/p-2/b2*14-9-;. The van der Waals surface area contributed by atoms with E-state index in [1.807, 2.05) is 35.0 Å². The first-order valence-electron chi connectivity index (χ1n) is 10.5. The molecule has 0 spiro atoms. The van der Waals surface area contributed by atoms with E-state index in [0.717, 1.165) is 9.75 Å². The molecule has 0 N–H and O–H groups in total. The molecule has 0 aliphatic rings. The number of thiophene rings is 2. The monoisotopic (exact) mass is 576 g/mol. The molecule has 0 unspecified atom stereocenters. The van der Waals surface area contributed by atoms with Crippen molar-refractivity contribution in [3.8, 4) is 11.5 Å². The van der Waals surface area contributed by atoms with Gasteiger partial charge in [0.1, 0.15) is 11.5 Å². The van der Waals surface area contributed by atoms with Gasteiger partial charge in [0.15, 0.2) is 0 Å². The van der Waals surface area contributed by atoms with Crippen LogP contribution in [0.3, 0.4) is 0 Å². The van der Waals surface area contributed by atoms with Crippen LogP contribution in [0.1, 0.15) is 20.9 Å². The summed E-state index contributed by atoms with van der Waals surface area (Å²) in [6.07, 6.45) is 3.12. The van der Waals surface area contributed by atoms with Gasteiger partial charge in [-0.25, -0.2) is 0 Å². The number of benzene rings is 2. The summed E-state index contributed by atoms with van der Waals surface area (Å²) in [6, 6.07) is 21.1. The van der Waals surface area contributed by atoms with Crippen LogP contribution >= 0.6 is 22.7 Å².